The number of carbonyl (C=O) groups excluding carboxylic acids is 1. The van der Waals surface area contributed by atoms with Crippen molar-refractivity contribution in [2.45, 2.75) is 79.9 Å². The van der Waals surface area contributed by atoms with E-state index in [0.29, 0.717) is 10.9 Å². The Kier molecular flexibility index (Phi) is 7.98. The van der Waals surface area contributed by atoms with E-state index >= 15 is 0 Å². The van der Waals surface area contributed by atoms with Gasteiger partial charge in [-0.1, -0.05) is 43.6 Å². The second-order valence-corrected chi connectivity index (χ2v) is 12.0. The fourth-order valence-electron chi connectivity index (χ4n) is 4.07. The standard InChI is InChI=1S/C30H38ClNO3/c1-18(2)23-15-14-22-24(32-23)16-19(3)26(27(22)20-10-12-21(31)13-11-20)25(35-30(7,8)9)17-34-28(33)29(4,5)6/h10-16,18,25H,17H2,1-9H3. The number of hydrogen-bond donors (Lipinski definition) is 0. The number of pyridine rings is 1. The van der Waals surface area contributed by atoms with Crippen LogP contribution in [0.5, 0.6) is 0 Å². The van der Waals surface area contributed by atoms with E-state index in [9.17, 15) is 4.79 Å². The van der Waals surface area contributed by atoms with Crippen LogP contribution in [0, 0.1) is 12.3 Å². The van der Waals surface area contributed by atoms with Crippen LogP contribution < -0.4 is 0 Å². The topological polar surface area (TPSA) is 48.4 Å². The quantitative estimate of drug-likeness (QED) is 0.322. The van der Waals surface area contributed by atoms with Crippen LogP contribution in [0.1, 0.15) is 84.2 Å². The monoisotopic (exact) mass is 495 g/mol. The number of aromatic nitrogens is 1. The number of benzene rings is 2. The molecule has 3 rings (SSSR count). The highest BCUT2D eigenvalue weighted by Crippen LogP contribution is 2.41. The van der Waals surface area contributed by atoms with Gasteiger partial charge >= 0.3 is 5.97 Å². The van der Waals surface area contributed by atoms with Crippen LogP contribution in [0.4, 0.5) is 0 Å². The van der Waals surface area contributed by atoms with Crippen LogP contribution >= 0.6 is 11.6 Å². The molecule has 1 heterocycles. The van der Waals surface area contributed by atoms with Crippen LogP contribution in [0.3, 0.4) is 0 Å². The van der Waals surface area contributed by atoms with Crippen molar-refractivity contribution in [3.8, 4) is 11.1 Å². The largest absolute Gasteiger partial charge is 0.462 e. The molecule has 35 heavy (non-hydrogen) atoms. The normalized spacial score (nSPS) is 13.3. The Balaban J connectivity index is 2.27. The van der Waals surface area contributed by atoms with Crippen molar-refractivity contribution in [3.63, 3.8) is 0 Å². The zero-order chi connectivity index (χ0) is 26.1. The number of aryl methyl sites for hydroxylation is 1. The predicted octanol–water partition coefficient (Wildman–Crippen LogP) is 8.43. The van der Waals surface area contributed by atoms with Gasteiger partial charge in [0.05, 0.1) is 16.5 Å². The van der Waals surface area contributed by atoms with Crippen LogP contribution in [-0.2, 0) is 14.3 Å². The summed E-state index contributed by atoms with van der Waals surface area (Å²) in [5.74, 6) is 0.0712. The number of ether oxygens (including phenoxy) is 2. The lowest BCUT2D eigenvalue weighted by atomic mass is 9.88. The maximum Gasteiger partial charge on any atom is 0.311 e. The van der Waals surface area contributed by atoms with E-state index in [1.807, 2.05) is 65.8 Å². The van der Waals surface area contributed by atoms with Gasteiger partial charge in [0.25, 0.3) is 0 Å². The Morgan fingerprint density at radius 2 is 1.63 bits per heavy atom. The van der Waals surface area contributed by atoms with Crippen LogP contribution in [0.25, 0.3) is 22.0 Å². The Bertz CT molecular complexity index is 1200. The predicted molar refractivity (Wildman–Crippen MR) is 145 cm³/mol. The number of hydrogen-bond acceptors (Lipinski definition) is 4. The van der Waals surface area contributed by atoms with Gasteiger partial charge in [0.1, 0.15) is 12.7 Å². The summed E-state index contributed by atoms with van der Waals surface area (Å²) in [6, 6.07) is 14.2. The number of rotatable bonds is 6. The fourth-order valence-corrected chi connectivity index (χ4v) is 4.20. The second kappa shape index (κ2) is 10.3. The molecule has 1 aromatic heterocycles. The summed E-state index contributed by atoms with van der Waals surface area (Å²) in [4.78, 5) is 17.6. The first kappa shape index (κ1) is 27.2. The lowest BCUT2D eigenvalue weighted by molar-refractivity contribution is -0.162. The van der Waals surface area contributed by atoms with Crippen molar-refractivity contribution >= 4 is 28.5 Å². The number of carbonyl (C=O) groups is 1. The van der Waals surface area contributed by atoms with E-state index in [2.05, 4.69) is 39.0 Å². The minimum absolute atomic E-state index is 0.123. The molecule has 0 aliphatic rings. The van der Waals surface area contributed by atoms with E-state index in [4.69, 9.17) is 26.1 Å². The first-order valence-corrected chi connectivity index (χ1v) is 12.6. The molecule has 4 nitrogen and oxygen atoms in total. The molecule has 1 atom stereocenters. The van der Waals surface area contributed by atoms with Crippen LogP contribution in [0.15, 0.2) is 42.5 Å². The molecule has 5 heteroatoms. The highest BCUT2D eigenvalue weighted by Gasteiger charge is 2.30. The van der Waals surface area contributed by atoms with Crippen molar-refractivity contribution in [1.29, 1.82) is 0 Å². The van der Waals surface area contributed by atoms with Crippen molar-refractivity contribution in [3.05, 3.63) is 64.3 Å². The molecule has 0 amide bonds. The molecule has 0 bridgehead atoms. The van der Waals surface area contributed by atoms with Gasteiger partial charge in [0, 0.05) is 16.1 Å². The number of nitrogens with zero attached hydrogens (tertiary/aromatic N) is 1. The second-order valence-electron chi connectivity index (χ2n) is 11.5. The van der Waals surface area contributed by atoms with E-state index in [1.165, 1.54) is 0 Å². The van der Waals surface area contributed by atoms with Crippen LogP contribution in [0.2, 0.25) is 5.02 Å². The summed E-state index contributed by atoms with van der Waals surface area (Å²) in [6.07, 6.45) is -0.457. The Morgan fingerprint density at radius 1 is 1.00 bits per heavy atom. The highest BCUT2D eigenvalue weighted by atomic mass is 35.5. The molecule has 1 unspecified atom stereocenters. The average molecular weight is 496 g/mol. The van der Waals surface area contributed by atoms with E-state index in [0.717, 1.165) is 38.9 Å². The summed E-state index contributed by atoms with van der Waals surface area (Å²) in [5, 5.41) is 1.70. The smallest absolute Gasteiger partial charge is 0.311 e. The first-order chi connectivity index (χ1) is 16.2. The van der Waals surface area contributed by atoms with Gasteiger partial charge in [-0.25, -0.2) is 0 Å². The lowest BCUT2D eigenvalue weighted by Gasteiger charge is -2.31. The molecular formula is C30H38ClNO3. The van der Waals surface area contributed by atoms with Gasteiger partial charge in [-0.15, -0.1) is 0 Å². The minimum atomic E-state index is -0.596. The van der Waals surface area contributed by atoms with E-state index < -0.39 is 17.1 Å². The lowest BCUT2D eigenvalue weighted by Crippen LogP contribution is -2.30. The van der Waals surface area contributed by atoms with Crippen molar-refractivity contribution < 1.29 is 14.3 Å². The van der Waals surface area contributed by atoms with Gasteiger partial charge in [-0.2, -0.15) is 0 Å². The SMILES string of the molecule is Cc1cc2nc(C(C)C)ccc2c(-c2ccc(Cl)cc2)c1C(COC(=O)C(C)(C)C)OC(C)(C)C. The highest BCUT2D eigenvalue weighted by molar-refractivity contribution is 6.30. The number of halogens is 1. The molecule has 188 valence electrons. The average Bonchev–Trinajstić information content (AvgIpc) is 2.74. The molecule has 0 aliphatic heterocycles. The van der Waals surface area contributed by atoms with Crippen molar-refractivity contribution in [2.75, 3.05) is 6.61 Å². The molecule has 0 N–H and O–H groups in total. The summed E-state index contributed by atoms with van der Waals surface area (Å²) >= 11 is 6.23. The van der Waals surface area contributed by atoms with Gasteiger partial charge in [0.2, 0.25) is 0 Å². The molecule has 2 aromatic carbocycles. The fraction of sp³-hybridized carbons (Fsp3) is 0.467. The van der Waals surface area contributed by atoms with Gasteiger partial charge in [0.15, 0.2) is 0 Å². The summed E-state index contributed by atoms with van der Waals surface area (Å²) in [5.41, 5.74) is 5.02. The Morgan fingerprint density at radius 3 is 2.17 bits per heavy atom. The van der Waals surface area contributed by atoms with Crippen LogP contribution in [-0.4, -0.2) is 23.2 Å². The molecule has 0 fully saturated rings. The Hall–Kier alpha value is -2.43. The van der Waals surface area contributed by atoms with Gasteiger partial charge in [-0.3, -0.25) is 9.78 Å². The third-order valence-electron chi connectivity index (χ3n) is 5.78. The number of esters is 1. The summed E-state index contributed by atoms with van der Waals surface area (Å²) < 4.78 is 12.3. The summed E-state index contributed by atoms with van der Waals surface area (Å²) in [6.45, 7) is 18.1. The number of fused-ring (bicyclic) bond motifs is 1. The van der Waals surface area contributed by atoms with Crippen molar-refractivity contribution in [2.24, 2.45) is 5.41 Å². The maximum atomic E-state index is 12.7. The molecule has 3 aromatic rings. The molecule has 0 spiro atoms. The van der Waals surface area contributed by atoms with Gasteiger partial charge in [-0.05, 0) is 101 Å². The maximum absolute atomic E-state index is 12.7. The minimum Gasteiger partial charge on any atom is -0.462 e. The zero-order valence-electron chi connectivity index (χ0n) is 22.5. The van der Waals surface area contributed by atoms with Crippen molar-refractivity contribution in [1.82, 2.24) is 4.98 Å². The Labute approximate surface area is 215 Å². The third kappa shape index (κ3) is 6.62. The van der Waals surface area contributed by atoms with E-state index in [1.54, 1.807) is 0 Å². The van der Waals surface area contributed by atoms with Gasteiger partial charge < -0.3 is 9.47 Å². The summed E-state index contributed by atoms with van der Waals surface area (Å²) in [7, 11) is 0. The molecular weight excluding hydrogens is 458 g/mol. The van der Waals surface area contributed by atoms with E-state index in [-0.39, 0.29) is 12.6 Å². The molecule has 0 aliphatic carbocycles. The first-order valence-electron chi connectivity index (χ1n) is 12.2. The zero-order valence-corrected chi connectivity index (χ0v) is 23.2. The molecule has 0 saturated heterocycles. The third-order valence-corrected chi connectivity index (χ3v) is 6.04. The molecule has 0 saturated carbocycles. The molecule has 0 radical (unpaired) electrons.